The van der Waals surface area contributed by atoms with Crippen LogP contribution < -0.4 is 9.64 Å². The van der Waals surface area contributed by atoms with Gasteiger partial charge in [-0.05, 0) is 68.9 Å². The molecule has 6 rings (SSSR count). The van der Waals surface area contributed by atoms with Crippen LogP contribution in [0.3, 0.4) is 0 Å². The zero-order valence-electron chi connectivity index (χ0n) is 20.9. The van der Waals surface area contributed by atoms with Crippen LogP contribution in [0.25, 0.3) is 10.3 Å². The summed E-state index contributed by atoms with van der Waals surface area (Å²) in [6.07, 6.45) is 3.32. The van der Waals surface area contributed by atoms with Gasteiger partial charge in [-0.1, -0.05) is 11.3 Å². The van der Waals surface area contributed by atoms with Crippen LogP contribution in [-0.4, -0.2) is 93.0 Å². The van der Waals surface area contributed by atoms with Gasteiger partial charge in [0.15, 0.2) is 14.6 Å². The molecule has 0 N–H and O–H groups in total. The lowest BCUT2D eigenvalue weighted by Crippen LogP contribution is -2.57. The highest BCUT2D eigenvalue weighted by Gasteiger charge is 2.49. The molecule has 2 bridgehead atoms. The second-order valence-corrected chi connectivity index (χ2v) is 13.7. The van der Waals surface area contributed by atoms with Crippen molar-refractivity contribution in [1.29, 1.82) is 0 Å². The highest BCUT2D eigenvalue weighted by Crippen LogP contribution is 2.41. The Balaban J connectivity index is 1.24. The monoisotopic (exact) mass is 582 g/mol. The van der Waals surface area contributed by atoms with Crippen molar-refractivity contribution in [2.75, 3.05) is 37.7 Å². The number of hydrogen-bond acceptors (Lipinski definition) is 9. The molecule has 0 aliphatic carbocycles. The Labute approximate surface area is 222 Å². The van der Waals surface area contributed by atoms with E-state index in [0.717, 1.165) is 52.3 Å². The Morgan fingerprint density at radius 2 is 1.94 bits per heavy atom. The van der Waals surface area contributed by atoms with Gasteiger partial charge >= 0.3 is 12.1 Å². The Morgan fingerprint density at radius 1 is 1.19 bits per heavy atom. The van der Waals surface area contributed by atoms with Gasteiger partial charge in [0.1, 0.15) is 23.9 Å². The Bertz CT molecular complexity index is 1160. The van der Waals surface area contributed by atoms with E-state index < -0.39 is 11.8 Å². The molecule has 4 aliphatic rings. The van der Waals surface area contributed by atoms with Gasteiger partial charge < -0.3 is 14.4 Å². The van der Waals surface area contributed by atoms with Crippen molar-refractivity contribution in [2.45, 2.75) is 82.3 Å². The van der Waals surface area contributed by atoms with Crippen LogP contribution in [0, 0.1) is 0 Å². The molecule has 12 heteroatoms. The molecule has 0 saturated carbocycles. The molecule has 0 aromatic carbocycles. The number of ether oxygens (including phenoxy) is 2. The van der Waals surface area contributed by atoms with E-state index >= 15 is 0 Å². The van der Waals surface area contributed by atoms with Gasteiger partial charge in [-0.15, -0.1) is 0 Å². The normalized spacial score (nSPS) is 30.3. The quantitative estimate of drug-likeness (QED) is 0.524. The summed E-state index contributed by atoms with van der Waals surface area (Å²) in [6, 6.07) is 0.418. The van der Waals surface area contributed by atoms with E-state index in [2.05, 4.69) is 35.7 Å². The third kappa shape index (κ3) is 4.42. The molecule has 0 spiro atoms. The number of thiazole rings is 1. The van der Waals surface area contributed by atoms with E-state index in [1.165, 1.54) is 11.3 Å². The summed E-state index contributed by atoms with van der Waals surface area (Å²) in [5.74, 6) is 0.730. The molecule has 196 valence electrons. The van der Waals surface area contributed by atoms with Gasteiger partial charge in [0.2, 0.25) is 0 Å². The number of halogens is 2. The van der Waals surface area contributed by atoms with E-state index in [1.807, 2.05) is 25.7 Å². The maximum absolute atomic E-state index is 14.2. The number of aromatic nitrogens is 3. The number of amides is 1. The number of alkyl halides is 1. The number of hydrogen-bond donors (Lipinski definition) is 0. The first kappa shape index (κ1) is 24.5. The highest BCUT2D eigenvalue weighted by atomic mass is 79.9. The van der Waals surface area contributed by atoms with Crippen molar-refractivity contribution in [2.24, 2.45) is 0 Å². The fourth-order valence-corrected chi connectivity index (χ4v) is 7.68. The number of rotatable bonds is 4. The summed E-state index contributed by atoms with van der Waals surface area (Å²) in [5.41, 5.74) is -0.0547. The average Bonchev–Trinajstić information content (AvgIpc) is 3.49. The number of carbonyl (C=O) groups excluding carboxylic acids is 1. The fraction of sp³-hybridized carbons (Fsp3) is 0.750. The maximum Gasteiger partial charge on any atom is 0.410 e. The van der Waals surface area contributed by atoms with E-state index in [1.54, 1.807) is 0 Å². The highest BCUT2D eigenvalue weighted by molar-refractivity contribution is 9.11. The van der Waals surface area contributed by atoms with Crippen LogP contribution >= 0.6 is 27.3 Å². The van der Waals surface area contributed by atoms with Crippen molar-refractivity contribution in [3.8, 4) is 6.01 Å². The zero-order chi connectivity index (χ0) is 25.2. The van der Waals surface area contributed by atoms with Crippen molar-refractivity contribution in [3.05, 3.63) is 3.92 Å². The third-order valence-electron chi connectivity index (χ3n) is 7.81. The summed E-state index contributed by atoms with van der Waals surface area (Å²) >= 11 is 4.94. The molecular weight excluding hydrogens is 551 g/mol. The lowest BCUT2D eigenvalue weighted by molar-refractivity contribution is 0.0122. The molecule has 4 atom stereocenters. The van der Waals surface area contributed by atoms with E-state index in [-0.39, 0.29) is 23.7 Å². The minimum Gasteiger partial charge on any atom is -0.461 e. The number of anilines is 1. The zero-order valence-corrected chi connectivity index (χ0v) is 23.3. The van der Waals surface area contributed by atoms with Gasteiger partial charge in [-0.2, -0.15) is 9.97 Å². The summed E-state index contributed by atoms with van der Waals surface area (Å²) in [5, 5.41) is 0. The third-order valence-corrected chi connectivity index (χ3v) is 9.21. The lowest BCUT2D eigenvalue weighted by atomic mass is 9.95. The first-order valence-corrected chi connectivity index (χ1v) is 14.3. The van der Waals surface area contributed by atoms with Gasteiger partial charge in [0.05, 0.1) is 17.6 Å². The molecule has 2 unspecified atom stereocenters. The maximum atomic E-state index is 14.2. The summed E-state index contributed by atoms with van der Waals surface area (Å²) < 4.78 is 26.8. The molecule has 36 heavy (non-hydrogen) atoms. The molecule has 1 amide bonds. The molecular formula is C24H32BrFN6O3S. The van der Waals surface area contributed by atoms with Gasteiger partial charge in [0, 0.05) is 26.1 Å². The van der Waals surface area contributed by atoms with Crippen LogP contribution in [0.4, 0.5) is 15.0 Å². The summed E-state index contributed by atoms with van der Waals surface area (Å²) in [4.78, 5) is 34.1. The molecule has 4 saturated heterocycles. The van der Waals surface area contributed by atoms with Crippen LogP contribution in [0.5, 0.6) is 6.01 Å². The van der Waals surface area contributed by atoms with E-state index in [4.69, 9.17) is 14.5 Å². The SMILES string of the molecule is CC(C)(C)OC(=O)N1C2CCC1CN(c1nc(OC[C@@]34CCCN3C[C@@H](F)C4)nc3sc(Br)nc13)C2. The minimum atomic E-state index is -0.804. The molecule has 2 aromatic heterocycles. The first-order valence-electron chi connectivity index (χ1n) is 12.7. The standard InChI is InChI=1S/C24H32BrFN6O3S/c1-23(2,3)35-22(33)32-15-5-6-16(32)12-30(11-15)18-17-19(36-20(25)27-17)29-21(28-18)34-13-24-7-4-8-31(24)10-14(26)9-24/h14-16H,4-13H2,1-3H3/t14-,15?,16?,24-/m0/s1. The molecule has 0 radical (unpaired) electrons. The Hall–Kier alpha value is -1.79. The van der Waals surface area contributed by atoms with Crippen LogP contribution in [0.2, 0.25) is 0 Å². The summed E-state index contributed by atoms with van der Waals surface area (Å²) in [6.45, 7) is 8.78. The van der Waals surface area contributed by atoms with Crippen molar-refractivity contribution >= 4 is 49.5 Å². The molecule has 9 nitrogen and oxygen atoms in total. The number of piperazine rings is 1. The number of fused-ring (bicyclic) bond motifs is 4. The van der Waals surface area contributed by atoms with Crippen molar-refractivity contribution in [3.63, 3.8) is 0 Å². The second kappa shape index (κ2) is 8.90. The average molecular weight is 584 g/mol. The van der Waals surface area contributed by atoms with Gasteiger partial charge in [-0.25, -0.2) is 14.2 Å². The van der Waals surface area contributed by atoms with Gasteiger partial charge in [-0.3, -0.25) is 9.80 Å². The van der Waals surface area contributed by atoms with E-state index in [9.17, 15) is 9.18 Å². The largest absolute Gasteiger partial charge is 0.461 e. The predicted octanol–water partition coefficient (Wildman–Crippen LogP) is 4.39. The van der Waals surface area contributed by atoms with Crippen LogP contribution in [0.1, 0.15) is 52.9 Å². The van der Waals surface area contributed by atoms with Crippen LogP contribution in [-0.2, 0) is 4.74 Å². The van der Waals surface area contributed by atoms with Gasteiger partial charge in [0.25, 0.3) is 0 Å². The number of carbonyl (C=O) groups is 1. The fourth-order valence-electron chi connectivity index (χ4n) is 6.38. The second-order valence-electron chi connectivity index (χ2n) is 11.5. The molecule has 2 aromatic rings. The lowest BCUT2D eigenvalue weighted by Gasteiger charge is -2.41. The predicted molar refractivity (Wildman–Crippen MR) is 139 cm³/mol. The molecule has 6 heterocycles. The first-order chi connectivity index (χ1) is 17.1. The minimum absolute atomic E-state index is 0.0565. The summed E-state index contributed by atoms with van der Waals surface area (Å²) in [7, 11) is 0. The Morgan fingerprint density at radius 3 is 2.67 bits per heavy atom. The molecule has 4 fully saturated rings. The smallest absolute Gasteiger partial charge is 0.410 e. The van der Waals surface area contributed by atoms with Crippen molar-refractivity contribution in [1.82, 2.24) is 24.8 Å². The van der Waals surface area contributed by atoms with Crippen LogP contribution in [0.15, 0.2) is 3.92 Å². The number of nitrogens with zero attached hydrogens (tertiary/aromatic N) is 6. The molecule has 4 aliphatic heterocycles. The topological polar surface area (TPSA) is 83.9 Å². The van der Waals surface area contributed by atoms with Crippen molar-refractivity contribution < 1.29 is 18.7 Å². The Kier molecular flexibility index (Phi) is 6.07. The van der Waals surface area contributed by atoms with E-state index in [0.29, 0.717) is 38.7 Å².